The van der Waals surface area contributed by atoms with E-state index in [4.69, 9.17) is 17.3 Å². The first-order valence-electron chi connectivity index (χ1n) is 3.07. The van der Waals surface area contributed by atoms with Crippen LogP contribution >= 0.6 is 27.5 Å². The maximum Gasteiger partial charge on any atom is 0.0500 e. The Kier molecular flexibility index (Phi) is 2.80. The van der Waals surface area contributed by atoms with Gasteiger partial charge in [0.1, 0.15) is 0 Å². The second-order valence-corrected chi connectivity index (χ2v) is 4.11. The van der Waals surface area contributed by atoms with E-state index in [2.05, 4.69) is 22.4 Å². The van der Waals surface area contributed by atoms with Crippen molar-refractivity contribution >= 4 is 27.5 Å². The maximum absolute atomic E-state index is 5.88. The highest BCUT2D eigenvalue weighted by atomic mass is 79.9. The third-order valence-electron chi connectivity index (χ3n) is 1.62. The summed E-state index contributed by atoms with van der Waals surface area (Å²) in [5.74, 6) is 0. The molecule has 0 aromatic rings. The lowest BCUT2D eigenvalue weighted by molar-refractivity contribution is 0.533. The summed E-state index contributed by atoms with van der Waals surface area (Å²) in [6, 6.07) is 0.122. The van der Waals surface area contributed by atoms with E-state index in [0.717, 1.165) is 12.8 Å². The summed E-state index contributed by atoms with van der Waals surface area (Å²) in [7, 11) is 0. The molecule has 0 saturated heterocycles. The van der Waals surface area contributed by atoms with Crippen LogP contribution in [0.5, 0.6) is 0 Å². The van der Waals surface area contributed by atoms with Gasteiger partial charge in [-0.2, -0.15) is 0 Å². The fourth-order valence-electron chi connectivity index (χ4n) is 0.956. The van der Waals surface area contributed by atoms with Crippen LogP contribution in [0.15, 0.2) is 0 Å². The van der Waals surface area contributed by atoms with Gasteiger partial charge in [-0.1, -0.05) is 15.9 Å². The maximum atomic E-state index is 5.88. The number of hydrogen-bond acceptors (Lipinski definition) is 1. The molecule has 53 valence electrons. The number of nitrogens with two attached hydrogens (primary N) is 1. The van der Waals surface area contributed by atoms with Crippen molar-refractivity contribution in [2.75, 3.05) is 0 Å². The molecule has 0 heterocycles. The molecular weight excluding hydrogens is 201 g/mol. The molecule has 1 aliphatic carbocycles. The molecule has 1 radical (unpaired) electrons. The molecular formula is C6H10BrClN. The Morgan fingerprint density at radius 1 is 1.56 bits per heavy atom. The van der Waals surface area contributed by atoms with Crippen molar-refractivity contribution in [3.8, 4) is 0 Å². The van der Waals surface area contributed by atoms with Crippen molar-refractivity contribution in [1.82, 2.24) is 0 Å². The molecule has 0 spiro atoms. The minimum atomic E-state index is 0.122. The highest BCUT2D eigenvalue weighted by Gasteiger charge is 2.26. The Morgan fingerprint density at radius 3 is 2.67 bits per heavy atom. The minimum Gasteiger partial charge on any atom is -0.325 e. The minimum absolute atomic E-state index is 0.122. The molecule has 0 aromatic carbocycles. The number of halogens is 2. The fraction of sp³-hybridized carbons (Fsp3) is 0.833. The van der Waals surface area contributed by atoms with E-state index in [1.807, 2.05) is 0 Å². The molecule has 3 heteroatoms. The molecule has 9 heavy (non-hydrogen) atoms. The average molecular weight is 212 g/mol. The zero-order valence-electron chi connectivity index (χ0n) is 5.06. The number of rotatable bonds is 0. The Morgan fingerprint density at radius 2 is 2.22 bits per heavy atom. The van der Waals surface area contributed by atoms with Crippen molar-refractivity contribution in [3.05, 3.63) is 6.42 Å². The number of alkyl halides is 2. The Hall–Kier alpha value is 0.730. The monoisotopic (exact) mass is 210 g/mol. The third-order valence-corrected chi connectivity index (χ3v) is 3.07. The summed E-state index contributed by atoms with van der Waals surface area (Å²) in [6.07, 6.45) is 4.18. The SMILES string of the molecule is N[C@H]1[C@@H](Cl)C[CH]C[C@@H]1Br. The zero-order valence-corrected chi connectivity index (χ0v) is 7.40. The molecule has 0 aromatic heterocycles. The first-order chi connectivity index (χ1) is 4.22. The summed E-state index contributed by atoms with van der Waals surface area (Å²) < 4.78 is 0. The standard InChI is InChI=1S/C6H10BrClN/c7-4-2-1-3-5(8)6(4)9/h1,4-6H,2-3,9H2/t4-,5-,6+/m0/s1. The van der Waals surface area contributed by atoms with Crippen molar-refractivity contribution < 1.29 is 0 Å². The van der Waals surface area contributed by atoms with Crippen LogP contribution in [0.1, 0.15) is 12.8 Å². The van der Waals surface area contributed by atoms with Crippen LogP contribution in [0.25, 0.3) is 0 Å². The van der Waals surface area contributed by atoms with E-state index in [0.29, 0.717) is 4.83 Å². The quantitative estimate of drug-likeness (QED) is 0.606. The van der Waals surface area contributed by atoms with Crippen molar-refractivity contribution in [2.45, 2.75) is 29.1 Å². The molecule has 3 atom stereocenters. The van der Waals surface area contributed by atoms with Gasteiger partial charge in [0, 0.05) is 10.9 Å². The first-order valence-corrected chi connectivity index (χ1v) is 4.42. The lowest BCUT2D eigenvalue weighted by Crippen LogP contribution is -2.42. The summed E-state index contributed by atoms with van der Waals surface area (Å²) in [5.41, 5.74) is 5.72. The second-order valence-electron chi connectivity index (χ2n) is 2.37. The van der Waals surface area contributed by atoms with E-state index in [1.54, 1.807) is 0 Å². The molecule has 1 rings (SSSR count). The van der Waals surface area contributed by atoms with E-state index in [1.165, 1.54) is 0 Å². The molecule has 1 saturated carbocycles. The lowest BCUT2D eigenvalue weighted by atomic mass is 9.96. The van der Waals surface area contributed by atoms with Crippen molar-refractivity contribution in [2.24, 2.45) is 5.73 Å². The van der Waals surface area contributed by atoms with E-state index in [-0.39, 0.29) is 11.4 Å². The van der Waals surface area contributed by atoms with Crippen LogP contribution in [0.3, 0.4) is 0 Å². The first kappa shape index (κ1) is 7.83. The van der Waals surface area contributed by atoms with Gasteiger partial charge in [-0.3, -0.25) is 0 Å². The predicted molar refractivity (Wildman–Crippen MR) is 43.9 cm³/mol. The van der Waals surface area contributed by atoms with Gasteiger partial charge in [-0.15, -0.1) is 11.6 Å². The number of hydrogen-bond donors (Lipinski definition) is 1. The van der Waals surface area contributed by atoms with Crippen LogP contribution in [0, 0.1) is 6.42 Å². The molecule has 1 nitrogen and oxygen atoms in total. The van der Waals surface area contributed by atoms with Gasteiger partial charge in [0.25, 0.3) is 0 Å². The van der Waals surface area contributed by atoms with Crippen LogP contribution in [-0.4, -0.2) is 16.2 Å². The summed E-state index contributed by atoms with van der Waals surface area (Å²) in [4.78, 5) is 0.383. The highest BCUT2D eigenvalue weighted by Crippen LogP contribution is 2.25. The largest absolute Gasteiger partial charge is 0.325 e. The van der Waals surface area contributed by atoms with Crippen LogP contribution in [0.4, 0.5) is 0 Å². The average Bonchev–Trinajstić information content (AvgIpc) is 1.83. The third kappa shape index (κ3) is 1.82. The molecule has 0 bridgehead atoms. The Bertz CT molecular complexity index is 89.1. The Labute approximate surface area is 69.1 Å². The van der Waals surface area contributed by atoms with Crippen LogP contribution < -0.4 is 5.73 Å². The predicted octanol–water partition coefficient (Wildman–Crippen LogP) is 1.68. The molecule has 0 unspecified atom stereocenters. The summed E-state index contributed by atoms with van der Waals surface area (Å²) in [6.45, 7) is 0. The fourth-order valence-corrected chi connectivity index (χ4v) is 2.07. The molecule has 1 fully saturated rings. The van der Waals surface area contributed by atoms with E-state index >= 15 is 0 Å². The normalized spacial score (nSPS) is 45.0. The lowest BCUT2D eigenvalue weighted by Gasteiger charge is -2.27. The smallest absolute Gasteiger partial charge is 0.0500 e. The van der Waals surface area contributed by atoms with Gasteiger partial charge in [-0.25, -0.2) is 0 Å². The second kappa shape index (κ2) is 3.22. The van der Waals surface area contributed by atoms with Gasteiger partial charge >= 0.3 is 0 Å². The van der Waals surface area contributed by atoms with Crippen LogP contribution in [-0.2, 0) is 0 Å². The van der Waals surface area contributed by atoms with E-state index in [9.17, 15) is 0 Å². The molecule has 2 N–H and O–H groups in total. The van der Waals surface area contributed by atoms with Crippen molar-refractivity contribution in [3.63, 3.8) is 0 Å². The van der Waals surface area contributed by atoms with Gasteiger partial charge in [0.05, 0.1) is 5.38 Å². The summed E-state index contributed by atoms with van der Waals surface area (Å²) in [5, 5.41) is 0.128. The summed E-state index contributed by atoms with van der Waals surface area (Å²) >= 11 is 9.33. The van der Waals surface area contributed by atoms with Gasteiger partial charge in [0.15, 0.2) is 0 Å². The highest BCUT2D eigenvalue weighted by molar-refractivity contribution is 9.09. The molecule has 0 aliphatic heterocycles. The van der Waals surface area contributed by atoms with Gasteiger partial charge in [0.2, 0.25) is 0 Å². The molecule has 1 aliphatic rings. The van der Waals surface area contributed by atoms with Gasteiger partial charge in [-0.05, 0) is 19.3 Å². The molecule has 0 amide bonds. The topological polar surface area (TPSA) is 26.0 Å². The Balaban J connectivity index is 2.41. The van der Waals surface area contributed by atoms with Crippen molar-refractivity contribution in [1.29, 1.82) is 0 Å². The zero-order chi connectivity index (χ0) is 6.85. The van der Waals surface area contributed by atoms with Gasteiger partial charge < -0.3 is 5.73 Å². The van der Waals surface area contributed by atoms with Crippen LogP contribution in [0.2, 0.25) is 0 Å². The van der Waals surface area contributed by atoms with E-state index < -0.39 is 0 Å².